The number of aromatic amines is 1. The van der Waals surface area contributed by atoms with Crippen LogP contribution in [0.2, 0.25) is 0 Å². The Morgan fingerprint density at radius 1 is 0.968 bits per heavy atom. The summed E-state index contributed by atoms with van der Waals surface area (Å²) < 4.78 is 59.9. The van der Waals surface area contributed by atoms with Gasteiger partial charge < -0.3 is 20.1 Å². The predicted molar refractivity (Wildman–Crippen MR) is 232 cm³/mol. The van der Waals surface area contributed by atoms with Gasteiger partial charge in [0.25, 0.3) is 12.3 Å². The Hall–Kier alpha value is -5.05. The number of fused-ring (bicyclic) bond motifs is 4. The smallest absolute Gasteiger partial charge is 0.261 e. The van der Waals surface area contributed by atoms with Crippen LogP contribution in [0, 0.1) is 24.5 Å². The van der Waals surface area contributed by atoms with Crippen LogP contribution in [0.5, 0.6) is 0 Å². The molecule has 0 spiro atoms. The highest BCUT2D eigenvalue weighted by atomic mass is 19.3. The molecule has 2 fully saturated rings. The van der Waals surface area contributed by atoms with Gasteiger partial charge >= 0.3 is 0 Å². The number of carbonyl (C=O) groups excluding carboxylic acids is 3. The van der Waals surface area contributed by atoms with Crippen molar-refractivity contribution in [2.45, 2.75) is 89.5 Å². The van der Waals surface area contributed by atoms with E-state index in [1.807, 2.05) is 48.2 Å². The van der Waals surface area contributed by atoms with Gasteiger partial charge in [0.1, 0.15) is 17.7 Å². The molecule has 1 aromatic heterocycles. The SMILES string of the molecule is C=CCCC(C(=O)NC)N(C=O)C(=O)c1cc2c(cc1C)CN(C1CCN(CC3CCN(c4cc(F)c([C@@H]5c6[nH]c7ccccc7c6CCN5CC(F)F)c(F)c4)CC3)CC1)C2. The van der Waals surface area contributed by atoms with Crippen LogP contribution in [-0.4, -0.2) is 114 Å². The van der Waals surface area contributed by atoms with E-state index in [0.717, 1.165) is 90.9 Å². The molecule has 2 atom stereocenters. The van der Waals surface area contributed by atoms with E-state index >= 15 is 8.78 Å². The minimum atomic E-state index is -2.64. The lowest BCUT2D eigenvalue weighted by Gasteiger charge is -2.40. The molecule has 62 heavy (non-hydrogen) atoms. The molecule has 0 saturated carbocycles. The van der Waals surface area contributed by atoms with Crippen molar-refractivity contribution >= 4 is 34.8 Å². The molecule has 4 aromatic rings. The molecular weight excluding hydrogens is 799 g/mol. The summed E-state index contributed by atoms with van der Waals surface area (Å²) >= 11 is 0. The Balaban J connectivity index is 0.852. The van der Waals surface area contributed by atoms with Gasteiger partial charge in [-0.3, -0.25) is 29.1 Å². The van der Waals surface area contributed by atoms with Gasteiger partial charge in [-0.05, 0) is 117 Å². The molecule has 0 aliphatic carbocycles. The van der Waals surface area contributed by atoms with Gasteiger partial charge in [0, 0.05) is 85.8 Å². The summed E-state index contributed by atoms with van der Waals surface area (Å²) in [6.45, 7) is 11.1. The molecule has 1 unspecified atom stereocenters. The van der Waals surface area contributed by atoms with E-state index in [0.29, 0.717) is 67.7 Å². The van der Waals surface area contributed by atoms with Gasteiger partial charge in [0.15, 0.2) is 0 Å². The van der Waals surface area contributed by atoms with Crippen molar-refractivity contribution in [2.75, 3.05) is 57.8 Å². The van der Waals surface area contributed by atoms with Crippen LogP contribution in [0.15, 0.2) is 61.2 Å². The number of allylic oxidation sites excluding steroid dienone is 1. The largest absolute Gasteiger partial charge is 0.371 e. The van der Waals surface area contributed by atoms with Crippen molar-refractivity contribution in [1.29, 1.82) is 0 Å². The molecule has 0 radical (unpaired) electrons. The highest BCUT2D eigenvalue weighted by Crippen LogP contribution is 2.42. The number of likely N-dealkylation sites (N-methyl/N-ethyl adjacent to an activating group) is 1. The minimum Gasteiger partial charge on any atom is -0.371 e. The van der Waals surface area contributed by atoms with E-state index in [2.05, 4.69) is 26.7 Å². The number of carbonyl (C=O) groups is 3. The number of hydrogen-bond acceptors (Lipinski definition) is 7. The number of piperidine rings is 2. The van der Waals surface area contributed by atoms with E-state index in [4.69, 9.17) is 0 Å². The molecule has 3 aromatic carbocycles. The number of imide groups is 1. The number of likely N-dealkylation sites (tertiary alicyclic amines) is 1. The summed E-state index contributed by atoms with van der Waals surface area (Å²) in [5.41, 5.74) is 6.07. The van der Waals surface area contributed by atoms with Gasteiger partial charge in [-0.2, -0.15) is 0 Å². The van der Waals surface area contributed by atoms with Crippen molar-refractivity contribution in [3.05, 3.63) is 112 Å². The van der Waals surface area contributed by atoms with E-state index < -0.39 is 48.5 Å². The molecule has 8 rings (SSSR count). The summed E-state index contributed by atoms with van der Waals surface area (Å²) in [4.78, 5) is 51.4. The molecule has 5 heterocycles. The Bertz CT molecular complexity index is 2280. The summed E-state index contributed by atoms with van der Waals surface area (Å²) in [5, 5.41) is 3.52. The van der Waals surface area contributed by atoms with E-state index in [1.165, 1.54) is 29.6 Å². The fourth-order valence-corrected chi connectivity index (χ4v) is 10.5. The Morgan fingerprint density at radius 3 is 2.32 bits per heavy atom. The molecule has 3 amide bonds. The zero-order valence-electron chi connectivity index (χ0n) is 35.7. The summed E-state index contributed by atoms with van der Waals surface area (Å²) in [5.74, 6) is -1.85. The third kappa shape index (κ3) is 8.78. The number of nitrogens with zero attached hydrogens (tertiary/aromatic N) is 5. The number of nitrogens with one attached hydrogen (secondary N) is 2. The molecule has 330 valence electrons. The van der Waals surface area contributed by atoms with Crippen molar-refractivity contribution in [2.24, 2.45) is 5.92 Å². The van der Waals surface area contributed by atoms with Crippen LogP contribution in [0.3, 0.4) is 0 Å². The van der Waals surface area contributed by atoms with Gasteiger partial charge in [0.05, 0.1) is 12.6 Å². The fraction of sp³-hybridized carbons (Fsp3) is 0.479. The van der Waals surface area contributed by atoms with Crippen LogP contribution >= 0.6 is 0 Å². The zero-order valence-corrected chi connectivity index (χ0v) is 35.7. The van der Waals surface area contributed by atoms with Crippen molar-refractivity contribution < 1.29 is 31.9 Å². The maximum absolute atomic E-state index is 16.2. The minimum absolute atomic E-state index is 0.193. The molecule has 10 nitrogen and oxygen atoms in total. The summed E-state index contributed by atoms with van der Waals surface area (Å²) in [7, 11) is 1.49. The number of amides is 3. The Labute approximate surface area is 360 Å². The second kappa shape index (κ2) is 18.7. The first-order chi connectivity index (χ1) is 30.0. The quantitative estimate of drug-likeness (QED) is 0.0779. The Kier molecular flexibility index (Phi) is 13.2. The van der Waals surface area contributed by atoms with E-state index in [-0.39, 0.29) is 12.1 Å². The second-order valence-electron chi connectivity index (χ2n) is 17.5. The van der Waals surface area contributed by atoms with E-state index in [1.54, 1.807) is 6.08 Å². The third-order valence-electron chi connectivity index (χ3n) is 13.8. The number of halogens is 4. The first kappa shape index (κ1) is 43.6. The van der Waals surface area contributed by atoms with Crippen LogP contribution in [-0.2, 0) is 29.1 Å². The molecule has 2 saturated heterocycles. The molecule has 0 bridgehead atoms. The van der Waals surface area contributed by atoms with E-state index in [9.17, 15) is 23.2 Å². The van der Waals surface area contributed by atoms with Crippen molar-refractivity contribution in [3.8, 4) is 0 Å². The first-order valence-corrected chi connectivity index (χ1v) is 22.0. The second-order valence-corrected chi connectivity index (χ2v) is 17.5. The van der Waals surface area contributed by atoms with Gasteiger partial charge in [-0.25, -0.2) is 17.6 Å². The number of rotatable bonds is 14. The fourth-order valence-electron chi connectivity index (χ4n) is 10.5. The highest BCUT2D eigenvalue weighted by Gasteiger charge is 2.38. The number of aryl methyl sites for hydroxylation is 1. The summed E-state index contributed by atoms with van der Waals surface area (Å²) in [6.07, 6.45) is 4.61. The molecule has 4 aliphatic rings. The maximum Gasteiger partial charge on any atom is 0.261 e. The topological polar surface area (TPSA) is 95.2 Å². The Morgan fingerprint density at radius 2 is 1.66 bits per heavy atom. The lowest BCUT2D eigenvalue weighted by Crippen LogP contribution is -2.48. The van der Waals surface area contributed by atoms with Gasteiger partial charge in [-0.15, -0.1) is 6.58 Å². The van der Waals surface area contributed by atoms with Crippen LogP contribution < -0.4 is 10.2 Å². The van der Waals surface area contributed by atoms with Crippen molar-refractivity contribution in [3.63, 3.8) is 0 Å². The highest BCUT2D eigenvalue weighted by molar-refractivity contribution is 6.04. The summed E-state index contributed by atoms with van der Waals surface area (Å²) in [6, 6.07) is 12.8. The lowest BCUT2D eigenvalue weighted by molar-refractivity contribution is -0.130. The number of para-hydroxylation sites is 1. The molecule has 4 aliphatic heterocycles. The number of alkyl halides is 2. The average Bonchev–Trinajstić information content (AvgIpc) is 3.86. The maximum atomic E-state index is 16.2. The van der Waals surface area contributed by atoms with Crippen LogP contribution in [0.1, 0.15) is 88.4 Å². The molecule has 2 N–H and O–H groups in total. The average molecular weight is 856 g/mol. The normalized spacial score (nSPS) is 19.7. The predicted octanol–water partition coefficient (Wildman–Crippen LogP) is 7.34. The number of H-pyrrole nitrogens is 1. The first-order valence-electron chi connectivity index (χ1n) is 22.0. The van der Waals surface area contributed by atoms with Crippen molar-refractivity contribution in [1.82, 2.24) is 29.9 Å². The molecule has 14 heteroatoms. The van der Waals surface area contributed by atoms with Crippen LogP contribution in [0.25, 0.3) is 10.9 Å². The number of aromatic nitrogens is 1. The molecular formula is C48H57F4N7O3. The lowest BCUT2D eigenvalue weighted by atomic mass is 9.91. The van der Waals surface area contributed by atoms with Gasteiger partial charge in [-0.1, -0.05) is 30.3 Å². The monoisotopic (exact) mass is 855 g/mol. The zero-order chi connectivity index (χ0) is 43.7. The third-order valence-corrected chi connectivity index (χ3v) is 13.8. The number of hydrogen-bond donors (Lipinski definition) is 2. The van der Waals surface area contributed by atoms with Gasteiger partial charge in [0.2, 0.25) is 12.3 Å². The number of benzene rings is 3. The number of anilines is 1. The van der Waals surface area contributed by atoms with Crippen LogP contribution in [0.4, 0.5) is 23.2 Å². The standard InChI is InChI=1S/C48H57F4N7O3/c1-4-5-10-42(47(61)53-3)59(29-60)48(62)38-22-33-27-58(26-32(33)21-30(38)2)34-13-16-55(17-14-34)25-31-11-18-56(19-12-31)35-23-39(49)44(40(50)24-35)46-45-37(15-20-57(46)28-43(51)52)36-8-6-7-9-41(36)54-45/h4,6-9,21-24,29,31,34,42-43,46,54H,1,5,10-20,25-28H2,2-3H3,(H,53,61)/t42?,46-/m1/s1.